The van der Waals surface area contributed by atoms with Crippen molar-refractivity contribution >= 4 is 5.91 Å². The van der Waals surface area contributed by atoms with Gasteiger partial charge in [0, 0.05) is 23.9 Å². The third-order valence-electron chi connectivity index (χ3n) is 4.89. The molecule has 2 fully saturated rings. The first kappa shape index (κ1) is 14.5. The fraction of sp³-hybridized carbons (Fsp3) is 0.474. The number of furan rings is 1. The largest absolute Gasteiger partial charge is 0.464 e. The lowest BCUT2D eigenvalue weighted by Crippen LogP contribution is -2.32. The minimum atomic E-state index is 0.0535. The maximum absolute atomic E-state index is 12.8. The molecule has 0 bridgehead atoms. The molecule has 120 valence electrons. The monoisotopic (exact) mass is 310 g/mol. The van der Waals surface area contributed by atoms with Gasteiger partial charge in [-0.25, -0.2) is 0 Å². The first-order valence-electron chi connectivity index (χ1n) is 8.44. The number of carbonyl (C=O) groups excluding carboxylic acids is 1. The van der Waals surface area contributed by atoms with Gasteiger partial charge in [-0.05, 0) is 56.4 Å². The van der Waals surface area contributed by atoms with E-state index in [0.29, 0.717) is 24.1 Å². The van der Waals surface area contributed by atoms with Crippen molar-refractivity contribution in [3.05, 3.63) is 53.2 Å². The topological polar surface area (TPSA) is 46.3 Å². The van der Waals surface area contributed by atoms with Crippen LogP contribution in [0.3, 0.4) is 0 Å². The summed E-state index contributed by atoms with van der Waals surface area (Å²) in [5.41, 5.74) is 1.58. The summed E-state index contributed by atoms with van der Waals surface area (Å²) in [5.74, 6) is 3.33. The molecule has 2 atom stereocenters. The van der Waals surface area contributed by atoms with Crippen molar-refractivity contribution < 1.29 is 9.21 Å². The molecule has 0 radical (unpaired) electrons. The van der Waals surface area contributed by atoms with Gasteiger partial charge in [-0.3, -0.25) is 9.78 Å². The lowest BCUT2D eigenvalue weighted by molar-refractivity contribution is 0.0716. The van der Waals surface area contributed by atoms with Crippen LogP contribution in [0.2, 0.25) is 0 Å². The molecular weight excluding hydrogens is 288 g/mol. The third-order valence-corrected chi connectivity index (χ3v) is 4.89. The molecule has 23 heavy (non-hydrogen) atoms. The van der Waals surface area contributed by atoms with Crippen LogP contribution in [0.15, 0.2) is 34.9 Å². The predicted octanol–water partition coefficient (Wildman–Crippen LogP) is 3.91. The van der Waals surface area contributed by atoms with E-state index in [1.807, 2.05) is 30.0 Å². The van der Waals surface area contributed by atoms with Crippen LogP contribution >= 0.6 is 0 Å². The second kappa shape index (κ2) is 5.52. The Hall–Kier alpha value is -2.10. The number of hydrogen-bond donors (Lipinski definition) is 0. The lowest BCUT2D eigenvalue weighted by atomic mass is 10.2. The van der Waals surface area contributed by atoms with Crippen molar-refractivity contribution in [2.45, 2.75) is 51.6 Å². The van der Waals surface area contributed by atoms with E-state index >= 15 is 0 Å². The average Bonchev–Trinajstić information content (AvgIpc) is 3.46. The molecule has 1 amide bonds. The zero-order chi connectivity index (χ0) is 16.0. The third kappa shape index (κ3) is 3.03. The molecule has 2 aromatic rings. The minimum absolute atomic E-state index is 0.0535. The summed E-state index contributed by atoms with van der Waals surface area (Å²) in [6.45, 7) is 4.73. The van der Waals surface area contributed by atoms with Crippen LogP contribution in [0.5, 0.6) is 0 Å². The number of pyridine rings is 1. The molecule has 0 unspecified atom stereocenters. The quantitative estimate of drug-likeness (QED) is 0.841. The molecule has 4 heteroatoms. The number of amides is 1. The molecular formula is C19H22N2O2. The highest BCUT2D eigenvalue weighted by Crippen LogP contribution is 2.47. The molecule has 0 N–H and O–H groups in total. The zero-order valence-electron chi connectivity index (χ0n) is 13.7. The van der Waals surface area contributed by atoms with Crippen LogP contribution < -0.4 is 0 Å². The fourth-order valence-corrected chi connectivity index (χ4v) is 3.08. The number of carbonyl (C=O) groups is 1. The maximum atomic E-state index is 12.8. The van der Waals surface area contributed by atoms with Crippen LogP contribution in [-0.2, 0) is 6.54 Å². The number of aromatic nitrogens is 1. The molecule has 0 aliphatic heterocycles. The molecule has 4 nitrogen and oxygen atoms in total. The molecule has 0 spiro atoms. The Morgan fingerprint density at radius 3 is 2.70 bits per heavy atom. The SMILES string of the molecule is Cc1ccc(C(=O)N(Cc2ccc([C@H]3C[C@H]3C)o2)C2CC2)cn1. The summed E-state index contributed by atoms with van der Waals surface area (Å²) in [7, 11) is 0. The van der Waals surface area contributed by atoms with E-state index in [-0.39, 0.29) is 5.91 Å². The van der Waals surface area contributed by atoms with Crippen molar-refractivity contribution in [3.8, 4) is 0 Å². The van der Waals surface area contributed by atoms with Crippen LogP contribution in [0.25, 0.3) is 0 Å². The van der Waals surface area contributed by atoms with E-state index < -0.39 is 0 Å². The molecule has 2 saturated carbocycles. The summed E-state index contributed by atoms with van der Waals surface area (Å²) < 4.78 is 5.98. The smallest absolute Gasteiger partial charge is 0.256 e. The Morgan fingerprint density at radius 2 is 2.09 bits per heavy atom. The zero-order valence-corrected chi connectivity index (χ0v) is 13.7. The van der Waals surface area contributed by atoms with Gasteiger partial charge in [0.15, 0.2) is 0 Å². The van der Waals surface area contributed by atoms with Crippen LogP contribution in [0.4, 0.5) is 0 Å². The Bertz CT molecular complexity index is 715. The van der Waals surface area contributed by atoms with Gasteiger partial charge in [0.05, 0.1) is 12.1 Å². The molecule has 0 aromatic carbocycles. The molecule has 4 rings (SSSR count). The minimum Gasteiger partial charge on any atom is -0.464 e. The highest BCUT2D eigenvalue weighted by molar-refractivity contribution is 5.94. The Balaban J connectivity index is 1.50. The first-order chi connectivity index (χ1) is 11.1. The van der Waals surface area contributed by atoms with Crippen molar-refractivity contribution in [2.75, 3.05) is 0 Å². The van der Waals surface area contributed by atoms with Gasteiger partial charge < -0.3 is 9.32 Å². The Labute approximate surface area is 136 Å². The predicted molar refractivity (Wildman–Crippen MR) is 87.1 cm³/mol. The second-order valence-corrected chi connectivity index (χ2v) is 6.98. The van der Waals surface area contributed by atoms with Crippen molar-refractivity contribution in [3.63, 3.8) is 0 Å². The van der Waals surface area contributed by atoms with Gasteiger partial charge in [-0.1, -0.05) is 6.92 Å². The van der Waals surface area contributed by atoms with Crippen LogP contribution in [0.1, 0.15) is 59.7 Å². The van der Waals surface area contributed by atoms with Gasteiger partial charge in [-0.2, -0.15) is 0 Å². The number of rotatable bonds is 5. The summed E-state index contributed by atoms with van der Waals surface area (Å²) in [4.78, 5) is 19.0. The lowest BCUT2D eigenvalue weighted by Gasteiger charge is -2.21. The number of hydrogen-bond acceptors (Lipinski definition) is 3. The van der Waals surface area contributed by atoms with E-state index in [1.165, 1.54) is 6.42 Å². The van der Waals surface area contributed by atoms with Crippen molar-refractivity contribution in [1.29, 1.82) is 0 Å². The molecule has 2 aliphatic rings. The highest BCUT2D eigenvalue weighted by Gasteiger charge is 2.37. The van der Waals surface area contributed by atoms with Gasteiger partial charge in [0.25, 0.3) is 5.91 Å². The van der Waals surface area contributed by atoms with E-state index in [0.717, 1.165) is 36.0 Å². The number of aryl methyl sites for hydroxylation is 1. The van der Waals surface area contributed by atoms with E-state index in [4.69, 9.17) is 4.42 Å². The Kier molecular flexibility index (Phi) is 3.47. The van der Waals surface area contributed by atoms with Gasteiger partial charge in [0.1, 0.15) is 11.5 Å². The summed E-state index contributed by atoms with van der Waals surface area (Å²) in [5, 5.41) is 0. The summed E-state index contributed by atoms with van der Waals surface area (Å²) in [6.07, 6.45) is 5.05. The highest BCUT2D eigenvalue weighted by atomic mass is 16.3. The fourth-order valence-electron chi connectivity index (χ4n) is 3.08. The normalized spacial score (nSPS) is 22.9. The maximum Gasteiger partial charge on any atom is 0.256 e. The van der Waals surface area contributed by atoms with Crippen molar-refractivity contribution in [1.82, 2.24) is 9.88 Å². The number of nitrogens with zero attached hydrogens (tertiary/aromatic N) is 2. The first-order valence-corrected chi connectivity index (χ1v) is 8.44. The molecule has 2 heterocycles. The van der Waals surface area contributed by atoms with Crippen molar-refractivity contribution in [2.24, 2.45) is 5.92 Å². The summed E-state index contributed by atoms with van der Waals surface area (Å²) in [6, 6.07) is 8.19. The average molecular weight is 310 g/mol. The Morgan fingerprint density at radius 1 is 1.30 bits per heavy atom. The van der Waals surface area contributed by atoms with Crippen LogP contribution in [-0.4, -0.2) is 21.8 Å². The van der Waals surface area contributed by atoms with E-state index in [1.54, 1.807) is 6.20 Å². The van der Waals surface area contributed by atoms with Gasteiger partial charge in [-0.15, -0.1) is 0 Å². The van der Waals surface area contributed by atoms with E-state index in [9.17, 15) is 4.79 Å². The standard InChI is InChI=1S/C19H22N2O2/c1-12-9-17(12)18-8-7-16(23-18)11-21(15-5-6-15)19(22)14-4-3-13(2)20-10-14/h3-4,7-8,10,12,15,17H,5-6,9,11H2,1-2H3/t12-,17+/m1/s1. The van der Waals surface area contributed by atoms with E-state index in [2.05, 4.69) is 18.0 Å². The summed E-state index contributed by atoms with van der Waals surface area (Å²) >= 11 is 0. The molecule has 2 aromatic heterocycles. The second-order valence-electron chi connectivity index (χ2n) is 6.98. The molecule has 0 saturated heterocycles. The van der Waals surface area contributed by atoms with Gasteiger partial charge in [0.2, 0.25) is 0 Å². The van der Waals surface area contributed by atoms with Crippen LogP contribution in [0, 0.1) is 12.8 Å². The van der Waals surface area contributed by atoms with Gasteiger partial charge >= 0.3 is 0 Å². The molecule has 2 aliphatic carbocycles.